The lowest BCUT2D eigenvalue weighted by atomic mass is 9.49. The summed E-state index contributed by atoms with van der Waals surface area (Å²) in [6.45, 7) is 5.83. The Morgan fingerprint density at radius 2 is 1.87 bits per heavy atom. The van der Waals surface area contributed by atoms with E-state index in [1.165, 1.54) is 55.9 Å². The van der Waals surface area contributed by atoms with Gasteiger partial charge in [-0.1, -0.05) is 35.5 Å². The molecule has 4 saturated carbocycles. The lowest BCUT2D eigenvalue weighted by Crippen LogP contribution is -2.51. The monoisotopic (exact) mass is 424 g/mol. The van der Waals surface area contributed by atoms with Gasteiger partial charge in [0.05, 0.1) is 5.75 Å². The predicted octanol–water partition coefficient (Wildman–Crippen LogP) is 4.70. The highest BCUT2D eigenvalue weighted by molar-refractivity contribution is 7.99. The number of hydrogen-bond donors (Lipinski definition) is 1. The van der Waals surface area contributed by atoms with Crippen LogP contribution in [0, 0.1) is 30.1 Å². The van der Waals surface area contributed by atoms with Crippen molar-refractivity contribution in [1.82, 2.24) is 20.1 Å². The molecule has 1 amide bonds. The minimum atomic E-state index is 0.124. The minimum absolute atomic E-state index is 0.124. The highest BCUT2D eigenvalue weighted by Gasteiger charge is 2.50. The fourth-order valence-electron chi connectivity index (χ4n) is 6.65. The second-order valence-electron chi connectivity index (χ2n) is 9.90. The third-order valence-electron chi connectivity index (χ3n) is 7.47. The molecule has 4 bridgehead atoms. The molecule has 0 aliphatic heterocycles. The van der Waals surface area contributed by atoms with Crippen molar-refractivity contribution < 1.29 is 4.79 Å². The van der Waals surface area contributed by atoms with Crippen molar-refractivity contribution in [2.75, 3.05) is 12.3 Å². The smallest absolute Gasteiger partial charge is 0.230 e. The van der Waals surface area contributed by atoms with Crippen molar-refractivity contribution in [1.29, 1.82) is 0 Å². The summed E-state index contributed by atoms with van der Waals surface area (Å²) in [5, 5.41) is 12.9. The van der Waals surface area contributed by atoms with Crippen molar-refractivity contribution in [2.24, 2.45) is 23.2 Å². The number of nitrogens with one attached hydrogen (secondary N) is 1. The van der Waals surface area contributed by atoms with E-state index >= 15 is 0 Å². The van der Waals surface area contributed by atoms with Gasteiger partial charge >= 0.3 is 0 Å². The van der Waals surface area contributed by atoms with Crippen LogP contribution in [0.5, 0.6) is 0 Å². The van der Waals surface area contributed by atoms with Crippen LogP contribution in [0.1, 0.15) is 51.0 Å². The number of nitrogens with zero attached hydrogens (tertiary/aromatic N) is 3. The van der Waals surface area contributed by atoms with Crippen LogP contribution in [-0.4, -0.2) is 33.0 Å². The number of carbonyl (C=O) groups is 1. The molecule has 1 heterocycles. The Morgan fingerprint density at radius 1 is 1.17 bits per heavy atom. The SMILES string of the molecule is CCn1c(SCC(=O)NCC23CC4CC(CC(C4)C2)C3)nnc1-c1cccc(C)c1. The first-order valence-corrected chi connectivity index (χ1v) is 12.4. The van der Waals surface area contributed by atoms with Gasteiger partial charge in [0.15, 0.2) is 11.0 Å². The molecule has 6 rings (SSSR count). The Kier molecular flexibility index (Phi) is 5.38. The van der Waals surface area contributed by atoms with Crippen LogP contribution in [-0.2, 0) is 11.3 Å². The summed E-state index contributed by atoms with van der Waals surface area (Å²) in [4.78, 5) is 12.6. The van der Waals surface area contributed by atoms with E-state index in [9.17, 15) is 4.79 Å². The Morgan fingerprint density at radius 3 is 2.50 bits per heavy atom. The average Bonchev–Trinajstić information content (AvgIpc) is 3.13. The van der Waals surface area contributed by atoms with Gasteiger partial charge in [0.2, 0.25) is 5.91 Å². The molecular weight excluding hydrogens is 392 g/mol. The molecule has 4 aliphatic carbocycles. The van der Waals surface area contributed by atoms with E-state index in [1.807, 2.05) is 6.07 Å². The number of amides is 1. The second-order valence-corrected chi connectivity index (χ2v) is 10.8. The fourth-order valence-corrected chi connectivity index (χ4v) is 7.48. The maximum atomic E-state index is 12.6. The summed E-state index contributed by atoms with van der Waals surface area (Å²) in [6, 6.07) is 8.32. The summed E-state index contributed by atoms with van der Waals surface area (Å²) in [6.07, 6.45) is 8.32. The summed E-state index contributed by atoms with van der Waals surface area (Å²) in [5.74, 6) is 4.16. The number of benzene rings is 1. The minimum Gasteiger partial charge on any atom is -0.355 e. The van der Waals surface area contributed by atoms with Crippen LogP contribution in [0.15, 0.2) is 29.4 Å². The van der Waals surface area contributed by atoms with E-state index in [1.54, 1.807) is 0 Å². The van der Waals surface area contributed by atoms with Gasteiger partial charge in [0, 0.05) is 18.7 Å². The van der Waals surface area contributed by atoms with Gasteiger partial charge in [0.1, 0.15) is 0 Å². The number of hydrogen-bond acceptors (Lipinski definition) is 4. The van der Waals surface area contributed by atoms with Gasteiger partial charge in [-0.2, -0.15) is 0 Å². The van der Waals surface area contributed by atoms with Gasteiger partial charge < -0.3 is 9.88 Å². The molecule has 30 heavy (non-hydrogen) atoms. The molecule has 0 saturated heterocycles. The lowest BCUT2D eigenvalue weighted by Gasteiger charge is -2.56. The van der Waals surface area contributed by atoms with Crippen molar-refractivity contribution >= 4 is 17.7 Å². The van der Waals surface area contributed by atoms with E-state index < -0.39 is 0 Å². The van der Waals surface area contributed by atoms with Crippen LogP contribution >= 0.6 is 11.8 Å². The molecule has 6 heteroatoms. The number of aryl methyl sites for hydroxylation is 1. The molecule has 5 nitrogen and oxygen atoms in total. The van der Waals surface area contributed by atoms with Crippen LogP contribution in [0.25, 0.3) is 11.4 Å². The van der Waals surface area contributed by atoms with Crippen LogP contribution < -0.4 is 5.32 Å². The van der Waals surface area contributed by atoms with E-state index in [-0.39, 0.29) is 5.91 Å². The number of carbonyl (C=O) groups excluding carboxylic acids is 1. The molecule has 0 spiro atoms. The summed E-state index contributed by atoms with van der Waals surface area (Å²) >= 11 is 1.49. The number of rotatable bonds is 7. The average molecular weight is 425 g/mol. The maximum absolute atomic E-state index is 12.6. The molecule has 0 unspecified atom stereocenters. The molecule has 4 fully saturated rings. The predicted molar refractivity (Wildman–Crippen MR) is 120 cm³/mol. The molecule has 0 atom stereocenters. The largest absolute Gasteiger partial charge is 0.355 e. The summed E-state index contributed by atoms with van der Waals surface area (Å²) < 4.78 is 2.10. The third-order valence-corrected chi connectivity index (χ3v) is 8.43. The highest BCUT2D eigenvalue weighted by atomic mass is 32.2. The third kappa shape index (κ3) is 3.91. The number of thioether (sulfide) groups is 1. The summed E-state index contributed by atoms with van der Waals surface area (Å²) in [7, 11) is 0. The molecule has 0 radical (unpaired) electrons. The van der Waals surface area contributed by atoms with E-state index in [0.29, 0.717) is 11.2 Å². The van der Waals surface area contributed by atoms with Crippen LogP contribution in [0.4, 0.5) is 0 Å². The standard InChI is InChI=1S/C24H32N4OS/c1-3-28-22(20-6-4-5-16(2)7-20)26-27-23(28)30-14-21(29)25-15-24-11-17-8-18(12-24)10-19(9-17)13-24/h4-7,17-19H,3,8-15H2,1-2H3,(H,25,29). The van der Waals surface area contributed by atoms with E-state index in [2.05, 4.69) is 52.1 Å². The van der Waals surface area contributed by atoms with Crippen molar-refractivity contribution in [3.05, 3.63) is 29.8 Å². The van der Waals surface area contributed by atoms with Gasteiger partial charge in [-0.3, -0.25) is 4.79 Å². The maximum Gasteiger partial charge on any atom is 0.230 e. The van der Waals surface area contributed by atoms with Gasteiger partial charge in [-0.05, 0) is 81.6 Å². The lowest BCUT2D eigenvalue weighted by molar-refractivity contribution is -0.120. The Labute approximate surface area is 183 Å². The molecule has 1 N–H and O–H groups in total. The normalized spacial score (nSPS) is 29.3. The van der Waals surface area contributed by atoms with Crippen molar-refractivity contribution in [3.63, 3.8) is 0 Å². The topological polar surface area (TPSA) is 59.8 Å². The Balaban J connectivity index is 1.19. The molecule has 1 aromatic heterocycles. The second kappa shape index (κ2) is 8.03. The number of aromatic nitrogens is 3. The first-order valence-electron chi connectivity index (χ1n) is 11.4. The van der Waals surface area contributed by atoms with Gasteiger partial charge in [-0.15, -0.1) is 10.2 Å². The Bertz CT molecular complexity index is 902. The van der Waals surface area contributed by atoms with E-state index in [4.69, 9.17) is 0 Å². The summed E-state index contributed by atoms with van der Waals surface area (Å²) in [5.41, 5.74) is 2.66. The molecule has 4 aliphatic rings. The Hall–Kier alpha value is -1.82. The zero-order valence-electron chi connectivity index (χ0n) is 18.1. The fraction of sp³-hybridized carbons (Fsp3) is 0.625. The highest BCUT2D eigenvalue weighted by Crippen LogP contribution is 2.59. The van der Waals surface area contributed by atoms with Gasteiger partial charge in [0.25, 0.3) is 0 Å². The van der Waals surface area contributed by atoms with Crippen molar-refractivity contribution in [2.45, 2.75) is 64.1 Å². The van der Waals surface area contributed by atoms with Crippen LogP contribution in [0.2, 0.25) is 0 Å². The molecule has 1 aromatic carbocycles. The van der Waals surface area contributed by atoms with Crippen LogP contribution in [0.3, 0.4) is 0 Å². The van der Waals surface area contributed by atoms with Gasteiger partial charge in [-0.25, -0.2) is 0 Å². The molecular formula is C24H32N4OS. The molecule has 160 valence electrons. The molecule has 2 aromatic rings. The zero-order valence-corrected chi connectivity index (χ0v) is 18.9. The van der Waals surface area contributed by atoms with E-state index in [0.717, 1.165) is 47.4 Å². The quantitative estimate of drug-likeness (QED) is 0.655. The van der Waals surface area contributed by atoms with Crippen molar-refractivity contribution in [3.8, 4) is 11.4 Å². The first kappa shape index (κ1) is 20.1. The zero-order chi connectivity index (χ0) is 20.7. The first-order chi connectivity index (χ1) is 14.5.